The zero-order valence-corrected chi connectivity index (χ0v) is 13.8. The SMILES string of the molecule is O=C(COc1ccccc1F)Nc1ccc(N2CCCCC2)c(F)c1. The van der Waals surface area contributed by atoms with Gasteiger partial charge in [-0.25, -0.2) is 8.78 Å². The standard InChI is InChI=1S/C19H20F2N2O2/c20-15-6-2-3-7-18(15)25-13-19(24)22-14-8-9-17(16(21)12-14)23-10-4-1-5-11-23/h2-3,6-9,12H,1,4-5,10-11,13H2,(H,22,24). The van der Waals surface area contributed by atoms with Crippen molar-refractivity contribution in [1.82, 2.24) is 0 Å². The summed E-state index contributed by atoms with van der Waals surface area (Å²) in [7, 11) is 0. The molecule has 0 bridgehead atoms. The van der Waals surface area contributed by atoms with Gasteiger partial charge in [-0.15, -0.1) is 0 Å². The molecule has 3 rings (SSSR count). The van der Waals surface area contributed by atoms with Crippen LogP contribution >= 0.6 is 0 Å². The Labute approximate surface area is 145 Å². The maximum atomic E-state index is 14.3. The lowest BCUT2D eigenvalue weighted by molar-refractivity contribution is -0.118. The number of carbonyl (C=O) groups is 1. The number of anilines is 2. The molecule has 1 saturated heterocycles. The molecule has 0 unspecified atom stereocenters. The average Bonchev–Trinajstić information content (AvgIpc) is 2.62. The molecule has 2 aromatic rings. The van der Waals surface area contributed by atoms with Crippen molar-refractivity contribution >= 4 is 17.3 Å². The van der Waals surface area contributed by atoms with Gasteiger partial charge in [0.05, 0.1) is 5.69 Å². The molecule has 1 N–H and O–H groups in total. The summed E-state index contributed by atoms with van der Waals surface area (Å²) in [5.74, 6) is -1.38. The minimum atomic E-state index is -0.535. The van der Waals surface area contributed by atoms with Crippen molar-refractivity contribution in [2.24, 2.45) is 0 Å². The van der Waals surface area contributed by atoms with Crippen LogP contribution in [0.4, 0.5) is 20.2 Å². The lowest BCUT2D eigenvalue weighted by Crippen LogP contribution is -2.30. The number of hydrogen-bond donors (Lipinski definition) is 1. The number of para-hydroxylation sites is 1. The molecule has 25 heavy (non-hydrogen) atoms. The second-order valence-corrected chi connectivity index (χ2v) is 5.98. The number of halogens is 2. The van der Waals surface area contributed by atoms with Crippen molar-refractivity contribution < 1.29 is 18.3 Å². The minimum absolute atomic E-state index is 0.00396. The number of amides is 1. The predicted octanol–water partition coefficient (Wildman–Crippen LogP) is 3.97. The van der Waals surface area contributed by atoms with Gasteiger partial charge in [0.15, 0.2) is 18.2 Å². The Bertz CT molecular complexity index is 746. The number of hydrogen-bond acceptors (Lipinski definition) is 3. The first-order valence-corrected chi connectivity index (χ1v) is 8.35. The highest BCUT2D eigenvalue weighted by Crippen LogP contribution is 2.25. The third kappa shape index (κ3) is 4.47. The summed E-state index contributed by atoms with van der Waals surface area (Å²) in [5, 5.41) is 2.56. The Morgan fingerprint density at radius 1 is 1.04 bits per heavy atom. The summed E-state index contributed by atoms with van der Waals surface area (Å²) < 4.78 is 32.9. The van der Waals surface area contributed by atoms with Gasteiger partial charge in [0, 0.05) is 18.8 Å². The van der Waals surface area contributed by atoms with Gasteiger partial charge in [-0.2, -0.15) is 0 Å². The monoisotopic (exact) mass is 346 g/mol. The van der Waals surface area contributed by atoms with Crippen molar-refractivity contribution in [3.63, 3.8) is 0 Å². The van der Waals surface area contributed by atoms with Crippen LogP contribution in [0.3, 0.4) is 0 Å². The summed E-state index contributed by atoms with van der Waals surface area (Å²) in [6.07, 6.45) is 3.30. The molecule has 1 fully saturated rings. The zero-order valence-electron chi connectivity index (χ0n) is 13.8. The molecule has 1 heterocycles. The van der Waals surface area contributed by atoms with Crippen molar-refractivity contribution in [3.8, 4) is 5.75 Å². The molecule has 0 aliphatic carbocycles. The van der Waals surface area contributed by atoms with Crippen molar-refractivity contribution in [1.29, 1.82) is 0 Å². The van der Waals surface area contributed by atoms with E-state index >= 15 is 0 Å². The normalized spacial score (nSPS) is 14.2. The van der Waals surface area contributed by atoms with Crippen molar-refractivity contribution in [2.75, 3.05) is 29.9 Å². The van der Waals surface area contributed by atoms with E-state index < -0.39 is 11.7 Å². The first kappa shape index (κ1) is 17.2. The van der Waals surface area contributed by atoms with Crippen LogP contribution in [-0.4, -0.2) is 25.6 Å². The second kappa shape index (κ2) is 7.96. The molecule has 0 radical (unpaired) electrons. The molecule has 0 aromatic heterocycles. The quantitative estimate of drug-likeness (QED) is 0.891. The molecule has 6 heteroatoms. The van der Waals surface area contributed by atoms with Crippen LogP contribution in [0.25, 0.3) is 0 Å². The fourth-order valence-corrected chi connectivity index (χ4v) is 2.88. The lowest BCUT2D eigenvalue weighted by atomic mass is 10.1. The van der Waals surface area contributed by atoms with E-state index in [4.69, 9.17) is 4.74 Å². The first-order valence-electron chi connectivity index (χ1n) is 8.35. The number of nitrogens with zero attached hydrogens (tertiary/aromatic N) is 1. The summed E-state index contributed by atoms with van der Waals surface area (Å²) in [6, 6.07) is 10.5. The van der Waals surface area contributed by atoms with Crippen molar-refractivity contribution in [2.45, 2.75) is 19.3 Å². The fourth-order valence-electron chi connectivity index (χ4n) is 2.88. The first-order chi connectivity index (χ1) is 12.1. The fraction of sp³-hybridized carbons (Fsp3) is 0.316. The van der Waals surface area contributed by atoms with E-state index in [1.807, 2.05) is 4.90 Å². The summed E-state index contributed by atoms with van der Waals surface area (Å²) in [4.78, 5) is 13.9. The van der Waals surface area contributed by atoms with E-state index in [1.165, 1.54) is 30.7 Å². The number of carbonyl (C=O) groups excluding carboxylic acids is 1. The molecule has 1 amide bonds. The molecule has 2 aromatic carbocycles. The molecular formula is C19H20F2N2O2. The van der Waals surface area contributed by atoms with E-state index in [9.17, 15) is 13.6 Å². The van der Waals surface area contributed by atoms with Gasteiger partial charge in [-0.1, -0.05) is 12.1 Å². The second-order valence-electron chi connectivity index (χ2n) is 5.98. The maximum absolute atomic E-state index is 14.3. The molecule has 0 spiro atoms. The number of piperidine rings is 1. The summed E-state index contributed by atoms with van der Waals surface area (Å²) >= 11 is 0. The van der Waals surface area contributed by atoms with Gasteiger partial charge >= 0.3 is 0 Å². The Balaban J connectivity index is 1.58. The topological polar surface area (TPSA) is 41.6 Å². The van der Waals surface area contributed by atoms with E-state index in [0.717, 1.165) is 25.9 Å². The Morgan fingerprint density at radius 3 is 2.52 bits per heavy atom. The lowest BCUT2D eigenvalue weighted by Gasteiger charge is -2.29. The Morgan fingerprint density at radius 2 is 1.80 bits per heavy atom. The number of nitrogens with one attached hydrogen (secondary N) is 1. The highest BCUT2D eigenvalue weighted by atomic mass is 19.1. The van der Waals surface area contributed by atoms with Crippen LogP contribution in [0, 0.1) is 11.6 Å². The van der Waals surface area contributed by atoms with Crippen LogP contribution < -0.4 is 15.0 Å². The molecule has 132 valence electrons. The number of ether oxygens (including phenoxy) is 1. The van der Waals surface area contributed by atoms with Crippen LogP contribution in [0.1, 0.15) is 19.3 Å². The average molecular weight is 346 g/mol. The van der Waals surface area contributed by atoms with Gasteiger partial charge in [0.1, 0.15) is 5.82 Å². The van der Waals surface area contributed by atoms with Crippen molar-refractivity contribution in [3.05, 3.63) is 54.1 Å². The Kier molecular flexibility index (Phi) is 5.48. The molecule has 1 aliphatic heterocycles. The number of benzene rings is 2. The smallest absolute Gasteiger partial charge is 0.262 e. The molecule has 1 aliphatic rings. The van der Waals surface area contributed by atoms with Crippen LogP contribution in [-0.2, 0) is 4.79 Å². The third-order valence-electron chi connectivity index (χ3n) is 4.12. The summed E-state index contributed by atoms with van der Waals surface area (Å²) in [5.41, 5.74) is 0.903. The maximum Gasteiger partial charge on any atom is 0.262 e. The van der Waals surface area contributed by atoms with E-state index in [-0.39, 0.29) is 18.2 Å². The van der Waals surface area contributed by atoms with Crippen LogP contribution in [0.15, 0.2) is 42.5 Å². The van der Waals surface area contributed by atoms with Gasteiger partial charge in [-0.05, 0) is 49.6 Å². The highest BCUT2D eigenvalue weighted by molar-refractivity contribution is 5.92. The van der Waals surface area contributed by atoms with Gasteiger partial charge < -0.3 is 15.0 Å². The van der Waals surface area contributed by atoms with Crippen LogP contribution in [0.2, 0.25) is 0 Å². The molecular weight excluding hydrogens is 326 g/mol. The molecule has 0 saturated carbocycles. The van der Waals surface area contributed by atoms with E-state index in [2.05, 4.69) is 5.32 Å². The largest absolute Gasteiger partial charge is 0.481 e. The van der Waals surface area contributed by atoms with Gasteiger partial charge in [0.25, 0.3) is 5.91 Å². The van der Waals surface area contributed by atoms with E-state index in [1.54, 1.807) is 18.2 Å². The van der Waals surface area contributed by atoms with Crippen LogP contribution in [0.5, 0.6) is 5.75 Å². The Hall–Kier alpha value is -2.63. The number of rotatable bonds is 5. The molecule has 4 nitrogen and oxygen atoms in total. The molecule has 0 atom stereocenters. The third-order valence-corrected chi connectivity index (χ3v) is 4.12. The van der Waals surface area contributed by atoms with Gasteiger partial charge in [-0.3, -0.25) is 4.79 Å². The van der Waals surface area contributed by atoms with Gasteiger partial charge in [0.2, 0.25) is 0 Å². The highest BCUT2D eigenvalue weighted by Gasteiger charge is 2.15. The van der Waals surface area contributed by atoms with E-state index in [0.29, 0.717) is 11.4 Å². The summed E-state index contributed by atoms with van der Waals surface area (Å²) in [6.45, 7) is 1.34. The minimum Gasteiger partial charge on any atom is -0.481 e. The zero-order chi connectivity index (χ0) is 17.6. The predicted molar refractivity (Wildman–Crippen MR) is 93.0 cm³/mol.